The van der Waals surface area contributed by atoms with Gasteiger partial charge in [-0.1, -0.05) is 6.92 Å². The van der Waals surface area contributed by atoms with Gasteiger partial charge in [0.25, 0.3) is 0 Å². The summed E-state index contributed by atoms with van der Waals surface area (Å²) in [5.41, 5.74) is 5.62. The molecule has 0 aromatic heterocycles. The molecule has 2 fully saturated rings. The maximum atomic E-state index is 11.8. The fraction of sp³-hybridized carbons (Fsp3) is 1.00. The van der Waals surface area contributed by atoms with Crippen LogP contribution in [0.3, 0.4) is 0 Å². The Balaban J connectivity index is 2.09. The van der Waals surface area contributed by atoms with Gasteiger partial charge >= 0.3 is 0 Å². The smallest absolute Gasteiger partial charge is 0.152 e. The second kappa shape index (κ2) is 5.10. The van der Waals surface area contributed by atoms with Crippen molar-refractivity contribution in [2.24, 2.45) is 11.7 Å². The quantitative estimate of drug-likeness (QED) is 0.834. The van der Waals surface area contributed by atoms with Crippen LogP contribution in [0.1, 0.15) is 39.0 Å². The summed E-state index contributed by atoms with van der Waals surface area (Å²) in [5.74, 6) is 1.37. The van der Waals surface area contributed by atoms with Crippen LogP contribution in [0.2, 0.25) is 0 Å². The zero-order valence-electron chi connectivity index (χ0n) is 11.6. The van der Waals surface area contributed by atoms with Crippen LogP contribution in [0, 0.1) is 5.92 Å². The molecule has 1 heterocycles. The average molecular weight is 274 g/mol. The van der Waals surface area contributed by atoms with Gasteiger partial charge in [0.05, 0.1) is 11.5 Å². The standard InChI is InChI=1S/C13H26N2O2S/c1-11-3-5-12(6-4-11)15(2)13(9-14)7-8-18(16,17)10-13/h11-12H,3-10,14H2,1-2H3. The highest BCUT2D eigenvalue weighted by molar-refractivity contribution is 7.91. The summed E-state index contributed by atoms with van der Waals surface area (Å²) in [6, 6.07) is 0.512. The van der Waals surface area contributed by atoms with Crippen molar-refractivity contribution in [2.45, 2.75) is 50.6 Å². The molecule has 2 aliphatic rings. The minimum absolute atomic E-state index is 0.249. The lowest BCUT2D eigenvalue weighted by Crippen LogP contribution is -2.57. The van der Waals surface area contributed by atoms with Crippen molar-refractivity contribution in [3.63, 3.8) is 0 Å². The Morgan fingerprint density at radius 2 is 1.89 bits per heavy atom. The first-order valence-corrected chi connectivity index (χ1v) is 8.84. The van der Waals surface area contributed by atoms with E-state index in [9.17, 15) is 8.42 Å². The van der Waals surface area contributed by atoms with E-state index in [4.69, 9.17) is 5.73 Å². The first-order chi connectivity index (χ1) is 8.38. The lowest BCUT2D eigenvalue weighted by molar-refractivity contribution is 0.0671. The van der Waals surface area contributed by atoms with Gasteiger partial charge in [0.2, 0.25) is 0 Å². The van der Waals surface area contributed by atoms with Crippen LogP contribution in [0.15, 0.2) is 0 Å². The zero-order chi connectivity index (χ0) is 13.4. The molecule has 18 heavy (non-hydrogen) atoms. The van der Waals surface area contributed by atoms with E-state index in [2.05, 4.69) is 18.9 Å². The molecule has 1 unspecified atom stereocenters. The number of rotatable bonds is 3. The fourth-order valence-electron chi connectivity index (χ4n) is 3.50. The molecule has 0 aromatic rings. The molecule has 1 saturated carbocycles. The topological polar surface area (TPSA) is 63.4 Å². The molecule has 1 aliphatic carbocycles. The van der Waals surface area contributed by atoms with Crippen molar-refractivity contribution < 1.29 is 8.42 Å². The summed E-state index contributed by atoms with van der Waals surface area (Å²) in [6.45, 7) is 2.75. The maximum Gasteiger partial charge on any atom is 0.152 e. The van der Waals surface area contributed by atoms with Crippen molar-refractivity contribution >= 4 is 9.84 Å². The maximum absolute atomic E-state index is 11.8. The molecule has 1 saturated heterocycles. The number of hydrogen-bond acceptors (Lipinski definition) is 4. The van der Waals surface area contributed by atoms with E-state index in [1.165, 1.54) is 25.7 Å². The molecule has 4 nitrogen and oxygen atoms in total. The molecule has 2 N–H and O–H groups in total. The van der Waals surface area contributed by atoms with Crippen molar-refractivity contribution in [1.29, 1.82) is 0 Å². The van der Waals surface area contributed by atoms with E-state index < -0.39 is 9.84 Å². The summed E-state index contributed by atoms with van der Waals surface area (Å²) < 4.78 is 23.5. The second-order valence-electron chi connectivity index (χ2n) is 6.30. The van der Waals surface area contributed by atoms with Gasteiger partial charge in [-0.05, 0) is 45.1 Å². The monoisotopic (exact) mass is 274 g/mol. The largest absolute Gasteiger partial charge is 0.329 e. The van der Waals surface area contributed by atoms with Crippen molar-refractivity contribution in [3.8, 4) is 0 Å². The highest BCUT2D eigenvalue weighted by Gasteiger charge is 2.46. The minimum Gasteiger partial charge on any atom is -0.329 e. The zero-order valence-corrected chi connectivity index (χ0v) is 12.4. The summed E-state index contributed by atoms with van der Waals surface area (Å²) in [4.78, 5) is 2.30. The Kier molecular flexibility index (Phi) is 4.04. The Hall–Kier alpha value is -0.130. The molecule has 0 amide bonds. The Morgan fingerprint density at radius 1 is 1.28 bits per heavy atom. The molecule has 106 valence electrons. The normalized spacial score (nSPS) is 40.2. The third kappa shape index (κ3) is 2.73. The van der Waals surface area contributed by atoms with E-state index in [0.717, 1.165) is 5.92 Å². The van der Waals surface area contributed by atoms with Gasteiger partial charge in [0.15, 0.2) is 9.84 Å². The van der Waals surface area contributed by atoms with Gasteiger partial charge in [-0.3, -0.25) is 4.90 Å². The van der Waals surface area contributed by atoms with Crippen molar-refractivity contribution in [2.75, 3.05) is 25.1 Å². The van der Waals surface area contributed by atoms with E-state index >= 15 is 0 Å². The number of hydrogen-bond donors (Lipinski definition) is 1. The molecule has 0 radical (unpaired) electrons. The highest BCUT2D eigenvalue weighted by Crippen LogP contribution is 2.35. The predicted molar refractivity (Wildman–Crippen MR) is 74.2 cm³/mol. The Morgan fingerprint density at radius 3 is 2.33 bits per heavy atom. The van der Waals surface area contributed by atoms with Gasteiger partial charge in [0, 0.05) is 18.1 Å². The lowest BCUT2D eigenvalue weighted by atomic mass is 9.84. The molecule has 0 bridgehead atoms. The molecule has 5 heteroatoms. The lowest BCUT2D eigenvalue weighted by Gasteiger charge is -2.44. The summed E-state index contributed by atoms with van der Waals surface area (Å²) in [5, 5.41) is 0. The van der Waals surface area contributed by atoms with Gasteiger partial charge in [0.1, 0.15) is 0 Å². The number of nitrogens with zero attached hydrogens (tertiary/aromatic N) is 1. The van der Waals surface area contributed by atoms with Crippen molar-refractivity contribution in [3.05, 3.63) is 0 Å². The number of likely N-dealkylation sites (N-methyl/N-ethyl adjacent to an activating group) is 1. The SMILES string of the molecule is CC1CCC(N(C)C2(CN)CCS(=O)(=O)C2)CC1. The molecular weight excluding hydrogens is 248 g/mol. The fourth-order valence-corrected chi connectivity index (χ4v) is 5.62. The first kappa shape index (κ1) is 14.3. The van der Waals surface area contributed by atoms with E-state index in [-0.39, 0.29) is 11.3 Å². The van der Waals surface area contributed by atoms with Gasteiger partial charge in [-0.15, -0.1) is 0 Å². The van der Waals surface area contributed by atoms with Gasteiger partial charge in [-0.25, -0.2) is 8.42 Å². The van der Waals surface area contributed by atoms with Crippen LogP contribution >= 0.6 is 0 Å². The van der Waals surface area contributed by atoms with Crippen molar-refractivity contribution in [1.82, 2.24) is 4.90 Å². The average Bonchev–Trinajstić information content (AvgIpc) is 2.66. The number of sulfone groups is 1. The van der Waals surface area contributed by atoms with Crippen LogP contribution in [-0.4, -0.2) is 50.0 Å². The molecule has 0 aromatic carbocycles. The summed E-state index contributed by atoms with van der Waals surface area (Å²) in [7, 11) is -0.804. The minimum atomic E-state index is -2.88. The molecule has 1 aliphatic heterocycles. The van der Waals surface area contributed by atoms with Crippen LogP contribution < -0.4 is 5.73 Å². The van der Waals surface area contributed by atoms with Crippen LogP contribution in [0.4, 0.5) is 0 Å². The van der Waals surface area contributed by atoms with Gasteiger partial charge in [-0.2, -0.15) is 0 Å². The summed E-state index contributed by atoms with van der Waals surface area (Å²) in [6.07, 6.45) is 5.57. The Bertz CT molecular complexity index is 388. The Labute approximate surface area is 111 Å². The highest BCUT2D eigenvalue weighted by atomic mass is 32.2. The molecular formula is C13H26N2O2S. The third-order valence-electron chi connectivity index (χ3n) is 5.03. The first-order valence-electron chi connectivity index (χ1n) is 7.02. The van der Waals surface area contributed by atoms with Crippen LogP contribution in [0.25, 0.3) is 0 Å². The molecule has 1 atom stereocenters. The summed E-state index contributed by atoms with van der Waals surface area (Å²) >= 11 is 0. The second-order valence-corrected chi connectivity index (χ2v) is 8.48. The predicted octanol–water partition coefficient (Wildman–Crippen LogP) is 1.01. The molecule has 2 rings (SSSR count). The van der Waals surface area contributed by atoms with Crippen LogP contribution in [0.5, 0.6) is 0 Å². The third-order valence-corrected chi connectivity index (χ3v) is 6.83. The van der Waals surface area contributed by atoms with E-state index in [0.29, 0.717) is 24.8 Å². The van der Waals surface area contributed by atoms with Crippen LogP contribution in [-0.2, 0) is 9.84 Å². The van der Waals surface area contributed by atoms with E-state index in [1.54, 1.807) is 0 Å². The van der Waals surface area contributed by atoms with E-state index in [1.807, 2.05) is 0 Å². The number of nitrogens with two attached hydrogens (primary N) is 1. The van der Waals surface area contributed by atoms with Gasteiger partial charge < -0.3 is 5.73 Å². The molecule has 0 spiro atoms.